The number of aliphatic hydroxyl groups is 1. The van der Waals surface area contributed by atoms with Crippen LogP contribution in [0.5, 0.6) is 0 Å². The Kier molecular flexibility index (Phi) is 6.27. The fourth-order valence-corrected chi connectivity index (χ4v) is 3.50. The minimum absolute atomic E-state index is 0.0964. The highest BCUT2D eigenvalue weighted by Gasteiger charge is 2.45. The minimum atomic E-state index is -0.834. The van der Waals surface area contributed by atoms with Gasteiger partial charge in [0.05, 0.1) is 23.1 Å². The molecule has 1 heterocycles. The van der Waals surface area contributed by atoms with E-state index in [9.17, 15) is 24.8 Å². The molecule has 0 aromatic heterocycles. The van der Waals surface area contributed by atoms with Crippen LogP contribution in [0.4, 0.5) is 5.69 Å². The lowest BCUT2D eigenvalue weighted by Gasteiger charge is -2.25. The number of hydrogen-bond donors (Lipinski definition) is 1. The number of methoxy groups -OCH3 is 1. The van der Waals surface area contributed by atoms with Crippen LogP contribution >= 0.6 is 0 Å². The molecule has 2 aromatic rings. The van der Waals surface area contributed by atoms with Crippen LogP contribution < -0.4 is 0 Å². The number of aliphatic hydroxyl groups excluding tert-OH is 1. The number of non-ortho nitro benzene ring substituents is 1. The quantitative estimate of drug-likeness (QED) is 0.247. The van der Waals surface area contributed by atoms with E-state index in [1.54, 1.807) is 0 Å². The van der Waals surface area contributed by atoms with Gasteiger partial charge in [0.1, 0.15) is 5.76 Å². The van der Waals surface area contributed by atoms with Gasteiger partial charge in [-0.15, -0.1) is 0 Å². The number of ether oxygens (including phenoxy) is 1. The fraction of sp³-hybridized carbons (Fsp3) is 0.273. The lowest BCUT2D eigenvalue weighted by atomic mass is 9.94. The molecule has 1 saturated heterocycles. The molecule has 1 amide bonds. The maximum Gasteiger partial charge on any atom is 0.295 e. The van der Waals surface area contributed by atoms with Crippen molar-refractivity contribution < 1.29 is 24.4 Å². The predicted octanol–water partition coefficient (Wildman–Crippen LogP) is 3.23. The first-order chi connectivity index (χ1) is 14.4. The molecule has 1 unspecified atom stereocenters. The van der Waals surface area contributed by atoms with E-state index in [0.717, 1.165) is 12.0 Å². The molecular weight excluding hydrogens is 388 g/mol. The van der Waals surface area contributed by atoms with E-state index in [-0.39, 0.29) is 30.0 Å². The van der Waals surface area contributed by atoms with Crippen LogP contribution in [-0.4, -0.2) is 46.9 Å². The third kappa shape index (κ3) is 3.95. The van der Waals surface area contributed by atoms with E-state index in [2.05, 4.69) is 0 Å². The number of carbonyl (C=O) groups is 2. The number of carbonyl (C=O) groups excluding carboxylic acids is 2. The van der Waals surface area contributed by atoms with Gasteiger partial charge in [0, 0.05) is 31.4 Å². The summed E-state index contributed by atoms with van der Waals surface area (Å²) in [5.74, 6) is -2.02. The summed E-state index contributed by atoms with van der Waals surface area (Å²) in [6, 6.07) is 12.0. The molecule has 2 aromatic carbocycles. The van der Waals surface area contributed by atoms with E-state index in [0.29, 0.717) is 5.56 Å². The fourth-order valence-electron chi connectivity index (χ4n) is 3.50. The van der Waals surface area contributed by atoms with E-state index in [1.807, 2.05) is 31.2 Å². The average Bonchev–Trinajstić information content (AvgIpc) is 3.02. The van der Waals surface area contributed by atoms with E-state index >= 15 is 0 Å². The molecule has 0 saturated carbocycles. The summed E-state index contributed by atoms with van der Waals surface area (Å²) in [5, 5.41) is 22.0. The Labute approximate surface area is 173 Å². The normalized spacial score (nSPS) is 18.1. The Morgan fingerprint density at radius 3 is 2.50 bits per heavy atom. The van der Waals surface area contributed by atoms with Crippen LogP contribution in [0.3, 0.4) is 0 Å². The smallest absolute Gasteiger partial charge is 0.295 e. The second kappa shape index (κ2) is 8.87. The first-order valence-electron chi connectivity index (χ1n) is 9.50. The zero-order chi connectivity index (χ0) is 21.8. The molecule has 156 valence electrons. The van der Waals surface area contributed by atoms with Gasteiger partial charge < -0.3 is 14.7 Å². The van der Waals surface area contributed by atoms with Gasteiger partial charge in [-0.05, 0) is 17.5 Å². The van der Waals surface area contributed by atoms with Gasteiger partial charge in [0.15, 0.2) is 0 Å². The van der Waals surface area contributed by atoms with Crippen LogP contribution in [0.2, 0.25) is 0 Å². The zero-order valence-electron chi connectivity index (χ0n) is 16.7. The van der Waals surface area contributed by atoms with E-state index in [1.165, 1.54) is 36.3 Å². The van der Waals surface area contributed by atoms with Crippen molar-refractivity contribution >= 4 is 23.1 Å². The first-order valence-corrected chi connectivity index (χ1v) is 9.50. The van der Waals surface area contributed by atoms with Crippen LogP contribution in [0, 0.1) is 10.1 Å². The summed E-state index contributed by atoms with van der Waals surface area (Å²) < 4.78 is 5.07. The highest BCUT2D eigenvalue weighted by atomic mass is 16.6. The molecular formula is C22H22N2O6. The monoisotopic (exact) mass is 410 g/mol. The molecule has 1 N–H and O–H groups in total. The second-order valence-corrected chi connectivity index (χ2v) is 6.89. The van der Waals surface area contributed by atoms with Gasteiger partial charge in [-0.1, -0.05) is 43.3 Å². The van der Waals surface area contributed by atoms with Crippen LogP contribution in [0.1, 0.15) is 29.7 Å². The SMILES string of the molecule is CCc1ccc(C2/C(=C(/O)c3cccc([N+](=O)[O-])c3)C(=O)C(=O)N2CCOC)cc1. The maximum atomic E-state index is 12.8. The standard InChI is InChI=1S/C22H22N2O6/c1-3-14-7-9-15(10-8-14)19-18(21(26)22(27)23(19)11-12-30-2)20(25)16-5-4-6-17(13-16)24(28)29/h4-10,13,19,25H,3,11-12H2,1-2H3/b20-18-. The number of likely N-dealkylation sites (tertiary alicyclic amines) is 1. The van der Waals surface area contributed by atoms with Crippen molar-refractivity contribution in [1.82, 2.24) is 4.90 Å². The molecule has 3 rings (SSSR count). The highest BCUT2D eigenvalue weighted by molar-refractivity contribution is 6.46. The number of nitro groups is 1. The molecule has 1 atom stereocenters. The maximum absolute atomic E-state index is 12.8. The van der Waals surface area contributed by atoms with Gasteiger partial charge in [-0.25, -0.2) is 0 Å². The zero-order valence-corrected chi connectivity index (χ0v) is 16.7. The number of ketones is 1. The largest absolute Gasteiger partial charge is 0.507 e. The number of Topliss-reactive ketones (excluding diaryl/α,β-unsaturated/α-hetero) is 1. The van der Waals surface area contributed by atoms with Gasteiger partial charge in [-0.3, -0.25) is 19.7 Å². The third-order valence-corrected chi connectivity index (χ3v) is 5.11. The third-order valence-electron chi connectivity index (χ3n) is 5.11. The number of rotatable bonds is 7. The van der Waals surface area contributed by atoms with Crippen LogP contribution in [-0.2, 0) is 20.7 Å². The molecule has 1 aliphatic rings. The number of nitro benzene ring substituents is 1. The number of amides is 1. The van der Waals surface area contributed by atoms with Crippen molar-refractivity contribution in [2.75, 3.05) is 20.3 Å². The van der Waals surface area contributed by atoms with Crippen molar-refractivity contribution in [3.8, 4) is 0 Å². The predicted molar refractivity (Wildman–Crippen MR) is 110 cm³/mol. The Bertz CT molecular complexity index is 1010. The van der Waals surface area contributed by atoms with Crippen molar-refractivity contribution in [2.45, 2.75) is 19.4 Å². The van der Waals surface area contributed by atoms with Gasteiger partial charge in [0.2, 0.25) is 0 Å². The van der Waals surface area contributed by atoms with Crippen molar-refractivity contribution in [1.29, 1.82) is 0 Å². The van der Waals surface area contributed by atoms with E-state index < -0.39 is 28.4 Å². The Morgan fingerprint density at radius 2 is 1.90 bits per heavy atom. The van der Waals surface area contributed by atoms with Crippen molar-refractivity contribution in [2.24, 2.45) is 0 Å². The molecule has 0 bridgehead atoms. The topological polar surface area (TPSA) is 110 Å². The Balaban J connectivity index is 2.16. The number of aryl methyl sites for hydroxylation is 1. The van der Waals surface area contributed by atoms with Crippen molar-refractivity contribution in [3.63, 3.8) is 0 Å². The molecule has 1 fully saturated rings. The second-order valence-electron chi connectivity index (χ2n) is 6.89. The lowest BCUT2D eigenvalue weighted by molar-refractivity contribution is -0.384. The molecule has 0 aliphatic carbocycles. The van der Waals surface area contributed by atoms with Crippen LogP contribution in [0.25, 0.3) is 5.76 Å². The number of nitrogens with zero attached hydrogens (tertiary/aromatic N) is 2. The first kappa shape index (κ1) is 21.2. The van der Waals surface area contributed by atoms with Gasteiger partial charge in [-0.2, -0.15) is 0 Å². The molecule has 0 spiro atoms. The molecule has 30 heavy (non-hydrogen) atoms. The number of hydrogen-bond acceptors (Lipinski definition) is 6. The molecule has 8 nitrogen and oxygen atoms in total. The molecule has 0 radical (unpaired) electrons. The Hall–Kier alpha value is -3.52. The summed E-state index contributed by atoms with van der Waals surface area (Å²) in [6.45, 7) is 2.39. The summed E-state index contributed by atoms with van der Waals surface area (Å²) in [6.07, 6.45) is 0.831. The number of benzene rings is 2. The summed E-state index contributed by atoms with van der Waals surface area (Å²) in [5.41, 5.74) is 1.53. The summed E-state index contributed by atoms with van der Waals surface area (Å²) in [7, 11) is 1.49. The van der Waals surface area contributed by atoms with Gasteiger partial charge >= 0.3 is 0 Å². The van der Waals surface area contributed by atoms with Gasteiger partial charge in [0.25, 0.3) is 17.4 Å². The van der Waals surface area contributed by atoms with Crippen molar-refractivity contribution in [3.05, 3.63) is 80.9 Å². The Morgan fingerprint density at radius 1 is 1.20 bits per heavy atom. The minimum Gasteiger partial charge on any atom is -0.507 e. The molecule has 1 aliphatic heterocycles. The molecule has 8 heteroatoms. The lowest BCUT2D eigenvalue weighted by Crippen LogP contribution is -2.32. The summed E-state index contributed by atoms with van der Waals surface area (Å²) in [4.78, 5) is 37.4. The summed E-state index contributed by atoms with van der Waals surface area (Å²) >= 11 is 0. The highest BCUT2D eigenvalue weighted by Crippen LogP contribution is 2.39. The van der Waals surface area contributed by atoms with Crippen LogP contribution in [0.15, 0.2) is 54.1 Å². The van der Waals surface area contributed by atoms with E-state index in [4.69, 9.17) is 4.74 Å². The average molecular weight is 410 g/mol.